The number of rotatable bonds is 2. The highest BCUT2D eigenvalue weighted by Crippen LogP contribution is 2.13. The summed E-state index contributed by atoms with van der Waals surface area (Å²) in [7, 11) is 3.04. The number of methoxy groups -OCH3 is 1. The Labute approximate surface area is 66.0 Å². The minimum Gasteiger partial charge on any atom is -0.372 e. The monoisotopic (exact) mass is 159 g/mol. The van der Waals surface area contributed by atoms with Gasteiger partial charge in [-0.05, 0) is 12.8 Å². The predicted octanol–water partition coefficient (Wildman–Crippen LogP) is 0.185. The fraction of sp³-hybridized carbons (Fsp3) is 0.857. The van der Waals surface area contributed by atoms with Crippen molar-refractivity contribution in [1.29, 1.82) is 0 Å². The number of carbonyl (C=O) groups excluding carboxylic acids is 1. The zero-order valence-electron chi connectivity index (χ0n) is 6.87. The number of amides is 1. The first-order chi connectivity index (χ1) is 5.29. The first-order valence-corrected chi connectivity index (χ1v) is 3.68. The average Bonchev–Trinajstić information content (AvgIpc) is 2.05. The van der Waals surface area contributed by atoms with Crippen LogP contribution in [0.15, 0.2) is 0 Å². The van der Waals surface area contributed by atoms with Crippen LogP contribution < -0.4 is 0 Å². The summed E-state index contributed by atoms with van der Waals surface area (Å²) in [5.41, 5.74) is 0. The van der Waals surface area contributed by atoms with Crippen molar-refractivity contribution >= 4 is 5.91 Å². The molecule has 0 bridgehead atoms. The summed E-state index contributed by atoms with van der Waals surface area (Å²) in [6.07, 6.45) is 1.44. The number of ether oxygens (including phenoxy) is 1. The number of hydrogen-bond acceptors (Lipinski definition) is 3. The molecule has 1 atom stereocenters. The Balaban J connectivity index is 2.52. The summed E-state index contributed by atoms with van der Waals surface area (Å²) in [6.45, 7) is 0.676. The molecule has 0 aliphatic carbocycles. The van der Waals surface area contributed by atoms with Gasteiger partial charge >= 0.3 is 0 Å². The number of hydroxylamine groups is 2. The molecule has 0 N–H and O–H groups in total. The van der Waals surface area contributed by atoms with Crippen LogP contribution in [0, 0.1) is 0 Å². The van der Waals surface area contributed by atoms with Crippen molar-refractivity contribution in [3.05, 3.63) is 0 Å². The van der Waals surface area contributed by atoms with Crippen molar-refractivity contribution in [1.82, 2.24) is 5.06 Å². The zero-order chi connectivity index (χ0) is 8.27. The molecule has 64 valence electrons. The third kappa shape index (κ3) is 1.70. The topological polar surface area (TPSA) is 38.8 Å². The van der Waals surface area contributed by atoms with Gasteiger partial charge in [0.05, 0.1) is 7.11 Å². The van der Waals surface area contributed by atoms with Gasteiger partial charge in [-0.1, -0.05) is 0 Å². The number of carbonyl (C=O) groups is 1. The van der Waals surface area contributed by atoms with Crippen LogP contribution in [0.5, 0.6) is 0 Å². The molecule has 1 rings (SSSR count). The predicted molar refractivity (Wildman–Crippen MR) is 38.8 cm³/mol. The maximum Gasteiger partial charge on any atom is 0.275 e. The second-order valence-corrected chi connectivity index (χ2v) is 2.49. The lowest BCUT2D eigenvalue weighted by Gasteiger charge is -2.28. The smallest absolute Gasteiger partial charge is 0.275 e. The highest BCUT2D eigenvalue weighted by Gasteiger charge is 2.28. The summed E-state index contributed by atoms with van der Waals surface area (Å²) >= 11 is 0. The fourth-order valence-electron chi connectivity index (χ4n) is 1.21. The first kappa shape index (κ1) is 8.49. The van der Waals surface area contributed by atoms with Crippen LogP contribution in [-0.2, 0) is 14.4 Å². The van der Waals surface area contributed by atoms with Crippen LogP contribution in [0.3, 0.4) is 0 Å². The molecule has 11 heavy (non-hydrogen) atoms. The van der Waals surface area contributed by atoms with Gasteiger partial charge in [0.15, 0.2) is 0 Å². The molecule has 1 heterocycles. The van der Waals surface area contributed by atoms with E-state index >= 15 is 0 Å². The Morgan fingerprint density at radius 2 is 2.27 bits per heavy atom. The van der Waals surface area contributed by atoms with E-state index in [-0.39, 0.29) is 12.0 Å². The summed E-state index contributed by atoms with van der Waals surface area (Å²) in [5, 5.41) is 1.34. The lowest BCUT2D eigenvalue weighted by Crippen LogP contribution is -2.44. The van der Waals surface area contributed by atoms with E-state index in [1.165, 1.54) is 12.2 Å². The Kier molecular flexibility index (Phi) is 2.84. The number of piperidine rings is 1. The van der Waals surface area contributed by atoms with Gasteiger partial charge < -0.3 is 4.74 Å². The summed E-state index contributed by atoms with van der Waals surface area (Å²) in [5.74, 6) is -0.0683. The summed E-state index contributed by atoms with van der Waals surface area (Å²) in [6, 6.07) is 0. The summed E-state index contributed by atoms with van der Waals surface area (Å²) in [4.78, 5) is 16.1. The van der Waals surface area contributed by atoms with E-state index in [1.54, 1.807) is 7.11 Å². The van der Waals surface area contributed by atoms with Gasteiger partial charge in [-0.2, -0.15) is 0 Å². The van der Waals surface area contributed by atoms with Gasteiger partial charge in [0.25, 0.3) is 5.91 Å². The normalized spacial score (nSPS) is 25.8. The minimum atomic E-state index is -0.302. The van der Waals surface area contributed by atoms with Crippen LogP contribution >= 0.6 is 0 Å². The van der Waals surface area contributed by atoms with E-state index in [4.69, 9.17) is 9.57 Å². The largest absolute Gasteiger partial charge is 0.372 e. The number of hydrogen-bond donors (Lipinski definition) is 0. The second-order valence-electron chi connectivity index (χ2n) is 2.49. The van der Waals surface area contributed by atoms with Crippen LogP contribution in [0.1, 0.15) is 12.8 Å². The van der Waals surface area contributed by atoms with Crippen LogP contribution in [0.25, 0.3) is 0 Å². The van der Waals surface area contributed by atoms with E-state index in [0.717, 1.165) is 12.8 Å². The highest BCUT2D eigenvalue weighted by molar-refractivity contribution is 5.80. The standard InChI is InChI=1S/C7H13NO3/c1-10-6-4-3-5-8(11-2)7(6)9/h6H,3-5H2,1-2H3. The molecule has 1 unspecified atom stereocenters. The SMILES string of the molecule is COC1CCCN(OC)C1=O. The van der Waals surface area contributed by atoms with Crippen molar-refractivity contribution < 1.29 is 14.4 Å². The number of nitrogens with zero attached hydrogens (tertiary/aromatic N) is 1. The quantitative estimate of drug-likeness (QED) is 0.577. The van der Waals surface area contributed by atoms with E-state index < -0.39 is 0 Å². The third-order valence-corrected chi connectivity index (χ3v) is 1.85. The molecule has 1 saturated heterocycles. The van der Waals surface area contributed by atoms with Crippen LogP contribution in [0.2, 0.25) is 0 Å². The van der Waals surface area contributed by atoms with Gasteiger partial charge in [-0.3, -0.25) is 9.63 Å². The van der Waals surface area contributed by atoms with Crippen molar-refractivity contribution in [2.45, 2.75) is 18.9 Å². The van der Waals surface area contributed by atoms with Gasteiger partial charge in [-0.25, -0.2) is 5.06 Å². The van der Waals surface area contributed by atoms with E-state index in [9.17, 15) is 4.79 Å². The molecule has 4 heteroatoms. The maximum atomic E-state index is 11.3. The average molecular weight is 159 g/mol. The van der Waals surface area contributed by atoms with Crippen molar-refractivity contribution in [2.24, 2.45) is 0 Å². The van der Waals surface area contributed by atoms with E-state index in [2.05, 4.69) is 0 Å². The molecule has 4 nitrogen and oxygen atoms in total. The van der Waals surface area contributed by atoms with Crippen LogP contribution in [0.4, 0.5) is 0 Å². The lowest BCUT2D eigenvalue weighted by molar-refractivity contribution is -0.193. The maximum absolute atomic E-state index is 11.3. The van der Waals surface area contributed by atoms with E-state index in [0.29, 0.717) is 6.54 Å². The molecule has 0 saturated carbocycles. The molecule has 1 fully saturated rings. The Morgan fingerprint density at radius 1 is 1.55 bits per heavy atom. The van der Waals surface area contributed by atoms with Gasteiger partial charge in [0, 0.05) is 13.7 Å². The molecule has 0 spiro atoms. The molecule has 1 aliphatic rings. The Hall–Kier alpha value is -0.610. The van der Waals surface area contributed by atoms with E-state index in [1.807, 2.05) is 0 Å². The van der Waals surface area contributed by atoms with Crippen molar-refractivity contribution in [3.63, 3.8) is 0 Å². The molecule has 1 amide bonds. The summed E-state index contributed by atoms with van der Waals surface area (Å²) < 4.78 is 4.96. The van der Waals surface area contributed by atoms with Crippen molar-refractivity contribution in [3.8, 4) is 0 Å². The van der Waals surface area contributed by atoms with Crippen LogP contribution in [-0.4, -0.2) is 37.8 Å². The molecule has 0 aromatic rings. The fourth-order valence-corrected chi connectivity index (χ4v) is 1.21. The zero-order valence-corrected chi connectivity index (χ0v) is 6.87. The van der Waals surface area contributed by atoms with Gasteiger partial charge in [0.2, 0.25) is 0 Å². The molecule has 0 aromatic carbocycles. The van der Waals surface area contributed by atoms with Crippen molar-refractivity contribution in [2.75, 3.05) is 20.8 Å². The minimum absolute atomic E-state index is 0.0683. The van der Waals surface area contributed by atoms with Gasteiger partial charge in [-0.15, -0.1) is 0 Å². The lowest BCUT2D eigenvalue weighted by atomic mass is 10.1. The third-order valence-electron chi connectivity index (χ3n) is 1.85. The van der Waals surface area contributed by atoms with Gasteiger partial charge in [0.1, 0.15) is 6.10 Å². The Morgan fingerprint density at radius 3 is 2.82 bits per heavy atom. The molecule has 1 aliphatic heterocycles. The molecule has 0 aromatic heterocycles. The second kappa shape index (κ2) is 3.69. The first-order valence-electron chi connectivity index (χ1n) is 3.68. The molecule has 0 radical (unpaired) electrons. The highest BCUT2D eigenvalue weighted by atomic mass is 16.7. The Bertz CT molecular complexity index is 135. The molecular weight excluding hydrogens is 146 g/mol. The molecular formula is C7H13NO3.